The van der Waals surface area contributed by atoms with Crippen LogP contribution in [0.2, 0.25) is 0 Å². The van der Waals surface area contributed by atoms with Gasteiger partial charge in [0.25, 0.3) is 0 Å². The smallest absolute Gasteiger partial charge is 0.127 e. The summed E-state index contributed by atoms with van der Waals surface area (Å²) in [6, 6.07) is 18.3. The maximum atomic E-state index is 10.4. The van der Waals surface area contributed by atoms with Crippen molar-refractivity contribution in [2.75, 3.05) is 20.2 Å². The van der Waals surface area contributed by atoms with Crippen molar-refractivity contribution in [3.63, 3.8) is 0 Å². The van der Waals surface area contributed by atoms with Gasteiger partial charge in [-0.2, -0.15) is 0 Å². The number of aliphatic hydroxyl groups is 1. The zero-order chi connectivity index (χ0) is 17.6. The average molecular weight is 336 g/mol. The van der Waals surface area contributed by atoms with Gasteiger partial charge in [-0.25, -0.2) is 0 Å². The molecule has 0 radical (unpaired) electrons. The van der Waals surface area contributed by atoms with Gasteiger partial charge in [-0.05, 0) is 43.1 Å². The highest BCUT2D eigenvalue weighted by Crippen LogP contribution is 2.25. The number of nitrogens with zero attached hydrogens (tertiary/aromatic N) is 2. The molecule has 0 spiro atoms. The van der Waals surface area contributed by atoms with Gasteiger partial charge in [0.1, 0.15) is 18.5 Å². The third-order valence-corrected chi connectivity index (χ3v) is 4.53. The lowest BCUT2D eigenvalue weighted by molar-refractivity contribution is 0.0659. The Balaban J connectivity index is 1.58. The molecule has 3 aromatic rings. The normalized spacial score (nSPS) is 13.8. The van der Waals surface area contributed by atoms with Gasteiger partial charge in [0.05, 0.1) is 0 Å². The van der Waals surface area contributed by atoms with Crippen LogP contribution < -0.4 is 4.74 Å². The lowest BCUT2D eigenvalue weighted by Crippen LogP contribution is -2.34. The number of likely N-dealkylation sites (N-methyl/N-ethyl adjacent to an activating group) is 1. The molecule has 25 heavy (non-hydrogen) atoms. The summed E-state index contributed by atoms with van der Waals surface area (Å²) in [6.07, 6.45) is 3.02. The average Bonchev–Trinajstić information content (AvgIpc) is 2.66. The Morgan fingerprint density at radius 2 is 1.76 bits per heavy atom. The third-order valence-electron chi connectivity index (χ3n) is 4.53. The summed E-state index contributed by atoms with van der Waals surface area (Å²) in [6.45, 7) is 2.92. The van der Waals surface area contributed by atoms with Crippen molar-refractivity contribution in [1.29, 1.82) is 0 Å². The fourth-order valence-corrected chi connectivity index (χ4v) is 2.95. The summed E-state index contributed by atoms with van der Waals surface area (Å²) in [5.74, 6) is 0.807. The van der Waals surface area contributed by atoms with Crippen LogP contribution >= 0.6 is 0 Å². The predicted molar refractivity (Wildman–Crippen MR) is 101 cm³/mol. The van der Waals surface area contributed by atoms with Gasteiger partial charge in [-0.15, -0.1) is 0 Å². The molecule has 0 aliphatic heterocycles. The molecular weight excluding hydrogens is 312 g/mol. The molecule has 2 aromatic carbocycles. The first kappa shape index (κ1) is 17.4. The number of ether oxygens (including phenoxy) is 1. The molecule has 2 atom stereocenters. The first-order valence-electron chi connectivity index (χ1n) is 8.54. The van der Waals surface area contributed by atoms with Crippen molar-refractivity contribution < 1.29 is 9.84 Å². The second-order valence-corrected chi connectivity index (χ2v) is 6.34. The van der Waals surface area contributed by atoms with E-state index in [0.29, 0.717) is 6.54 Å². The van der Waals surface area contributed by atoms with Gasteiger partial charge < -0.3 is 9.84 Å². The Hall–Kier alpha value is -2.43. The SMILES string of the molecule is CC(c1ccncc1)N(C)CC(O)COc1cccc2ccccc12. The minimum absolute atomic E-state index is 0.204. The summed E-state index contributed by atoms with van der Waals surface area (Å²) in [5.41, 5.74) is 1.18. The number of rotatable bonds is 7. The van der Waals surface area contributed by atoms with E-state index in [1.807, 2.05) is 49.5 Å². The second kappa shape index (κ2) is 8.10. The molecule has 3 rings (SSSR count). The largest absolute Gasteiger partial charge is 0.490 e. The van der Waals surface area contributed by atoms with E-state index in [1.165, 1.54) is 5.56 Å². The predicted octanol–water partition coefficient (Wildman–Crippen LogP) is 3.67. The summed E-state index contributed by atoms with van der Waals surface area (Å²) in [5, 5.41) is 12.6. The molecular formula is C21H24N2O2. The summed E-state index contributed by atoms with van der Waals surface area (Å²) >= 11 is 0. The van der Waals surface area contributed by atoms with Crippen molar-refractivity contribution in [3.8, 4) is 5.75 Å². The lowest BCUT2D eigenvalue weighted by Gasteiger charge is -2.27. The van der Waals surface area contributed by atoms with E-state index in [1.54, 1.807) is 12.4 Å². The van der Waals surface area contributed by atoms with Crippen LogP contribution in [0.25, 0.3) is 10.8 Å². The molecule has 130 valence electrons. The highest BCUT2D eigenvalue weighted by atomic mass is 16.5. The molecule has 4 heteroatoms. The number of fused-ring (bicyclic) bond motifs is 1. The highest BCUT2D eigenvalue weighted by Gasteiger charge is 2.16. The number of hydrogen-bond donors (Lipinski definition) is 1. The van der Waals surface area contributed by atoms with Gasteiger partial charge in [-0.1, -0.05) is 36.4 Å². The Morgan fingerprint density at radius 1 is 1.04 bits per heavy atom. The number of benzene rings is 2. The quantitative estimate of drug-likeness (QED) is 0.715. The molecule has 0 amide bonds. The van der Waals surface area contributed by atoms with Crippen LogP contribution in [0, 0.1) is 0 Å². The molecule has 4 nitrogen and oxygen atoms in total. The minimum Gasteiger partial charge on any atom is -0.490 e. The molecule has 0 bridgehead atoms. The summed E-state index contributed by atoms with van der Waals surface area (Å²) in [7, 11) is 2.01. The number of aliphatic hydroxyl groups excluding tert-OH is 1. The molecule has 0 fully saturated rings. The van der Waals surface area contributed by atoms with Crippen LogP contribution in [0.5, 0.6) is 5.75 Å². The monoisotopic (exact) mass is 336 g/mol. The zero-order valence-electron chi connectivity index (χ0n) is 14.7. The van der Waals surface area contributed by atoms with Crippen molar-refractivity contribution in [2.45, 2.75) is 19.1 Å². The number of aromatic nitrogens is 1. The van der Waals surface area contributed by atoms with Gasteiger partial charge in [0.2, 0.25) is 0 Å². The lowest BCUT2D eigenvalue weighted by atomic mass is 10.1. The van der Waals surface area contributed by atoms with Crippen molar-refractivity contribution in [2.24, 2.45) is 0 Å². The zero-order valence-corrected chi connectivity index (χ0v) is 14.7. The van der Waals surface area contributed by atoms with Crippen LogP contribution in [0.3, 0.4) is 0 Å². The van der Waals surface area contributed by atoms with Crippen LogP contribution in [0.15, 0.2) is 67.0 Å². The molecule has 0 aliphatic carbocycles. The molecule has 1 aromatic heterocycles. The van der Waals surface area contributed by atoms with Crippen molar-refractivity contribution in [1.82, 2.24) is 9.88 Å². The van der Waals surface area contributed by atoms with Gasteiger partial charge in [0, 0.05) is 30.4 Å². The maximum Gasteiger partial charge on any atom is 0.127 e. The van der Waals surface area contributed by atoms with E-state index < -0.39 is 6.10 Å². The number of hydrogen-bond acceptors (Lipinski definition) is 4. The van der Waals surface area contributed by atoms with E-state index in [4.69, 9.17) is 4.74 Å². The Kier molecular flexibility index (Phi) is 5.64. The Morgan fingerprint density at radius 3 is 2.56 bits per heavy atom. The van der Waals surface area contributed by atoms with Crippen LogP contribution in [0.1, 0.15) is 18.5 Å². The molecule has 0 aliphatic rings. The van der Waals surface area contributed by atoms with E-state index >= 15 is 0 Å². The fraction of sp³-hybridized carbons (Fsp3) is 0.286. The van der Waals surface area contributed by atoms with Crippen LogP contribution in [-0.2, 0) is 0 Å². The standard InChI is InChI=1S/C21H24N2O2/c1-16(17-10-12-22-13-11-17)23(2)14-19(24)15-25-21-9-5-7-18-6-3-4-8-20(18)21/h3-13,16,19,24H,14-15H2,1-2H3. The van der Waals surface area contributed by atoms with E-state index in [0.717, 1.165) is 16.5 Å². The van der Waals surface area contributed by atoms with Gasteiger partial charge in [-0.3, -0.25) is 9.88 Å². The molecule has 0 saturated carbocycles. The first-order chi connectivity index (χ1) is 12.1. The van der Waals surface area contributed by atoms with Crippen LogP contribution in [0.4, 0.5) is 0 Å². The van der Waals surface area contributed by atoms with Crippen LogP contribution in [-0.4, -0.2) is 41.3 Å². The molecule has 0 saturated heterocycles. The molecule has 1 N–H and O–H groups in total. The topological polar surface area (TPSA) is 45.6 Å². The third kappa shape index (κ3) is 4.35. The second-order valence-electron chi connectivity index (χ2n) is 6.34. The highest BCUT2D eigenvalue weighted by molar-refractivity contribution is 5.88. The fourth-order valence-electron chi connectivity index (χ4n) is 2.95. The van der Waals surface area contributed by atoms with Crippen molar-refractivity contribution in [3.05, 3.63) is 72.6 Å². The van der Waals surface area contributed by atoms with Gasteiger partial charge >= 0.3 is 0 Å². The number of pyridine rings is 1. The van der Waals surface area contributed by atoms with Crippen molar-refractivity contribution >= 4 is 10.8 Å². The first-order valence-corrected chi connectivity index (χ1v) is 8.54. The summed E-state index contributed by atoms with van der Waals surface area (Å²) in [4.78, 5) is 6.17. The molecule has 2 unspecified atom stereocenters. The Bertz CT molecular complexity index is 802. The molecule has 1 heterocycles. The van der Waals surface area contributed by atoms with Gasteiger partial charge in [0.15, 0.2) is 0 Å². The summed E-state index contributed by atoms with van der Waals surface area (Å²) < 4.78 is 5.88. The maximum absolute atomic E-state index is 10.4. The Labute approximate surface area is 148 Å². The van der Waals surface area contributed by atoms with E-state index in [9.17, 15) is 5.11 Å². The van der Waals surface area contributed by atoms with E-state index in [2.05, 4.69) is 28.9 Å². The van der Waals surface area contributed by atoms with E-state index in [-0.39, 0.29) is 12.6 Å². The minimum atomic E-state index is -0.562.